The number of hydrogen-bond acceptors (Lipinski definition) is 9. The van der Waals surface area contributed by atoms with E-state index in [0.717, 1.165) is 0 Å². The number of nitrogen functional groups attached to an aromatic ring is 1. The average molecular weight is 330 g/mol. The molecule has 3 unspecified atom stereocenters. The van der Waals surface area contributed by atoms with Crippen molar-refractivity contribution in [2.75, 3.05) is 12.3 Å². The molecule has 1 aliphatic rings. The van der Waals surface area contributed by atoms with Crippen LogP contribution in [0.25, 0.3) is 11.2 Å². The Morgan fingerprint density at radius 2 is 2.14 bits per heavy atom. The Morgan fingerprint density at radius 3 is 2.86 bits per heavy atom. The van der Waals surface area contributed by atoms with Crippen molar-refractivity contribution < 1.29 is 28.9 Å². The van der Waals surface area contributed by atoms with Crippen LogP contribution in [0.1, 0.15) is 6.23 Å². The van der Waals surface area contributed by atoms with Gasteiger partial charge in [-0.05, 0) is 0 Å². The lowest BCUT2D eigenvalue weighted by Gasteiger charge is -2.16. The number of aliphatic hydroxyl groups excluding tert-OH is 2. The summed E-state index contributed by atoms with van der Waals surface area (Å²) in [4.78, 5) is 20.5. The first-order chi connectivity index (χ1) is 10.5. The van der Waals surface area contributed by atoms with Crippen LogP contribution in [0, 0.1) is 0 Å². The Labute approximate surface area is 124 Å². The lowest BCUT2D eigenvalue weighted by Crippen LogP contribution is -2.33. The molecule has 0 saturated carbocycles. The predicted octanol–water partition coefficient (Wildman–Crippen LogP) is -1.31. The van der Waals surface area contributed by atoms with Gasteiger partial charge in [0.15, 0.2) is 17.7 Å². The number of ether oxygens (including phenoxy) is 1. The van der Waals surface area contributed by atoms with E-state index in [9.17, 15) is 14.8 Å². The first-order valence-electron chi connectivity index (χ1n) is 6.22. The summed E-state index contributed by atoms with van der Waals surface area (Å²) in [6, 6.07) is 0. The molecule has 1 aliphatic heterocycles. The van der Waals surface area contributed by atoms with Gasteiger partial charge in [0.1, 0.15) is 36.8 Å². The van der Waals surface area contributed by atoms with Gasteiger partial charge in [0.05, 0.1) is 6.33 Å². The van der Waals surface area contributed by atoms with Gasteiger partial charge in [0, 0.05) is 4.57 Å². The monoisotopic (exact) mass is 330 g/mol. The summed E-state index contributed by atoms with van der Waals surface area (Å²) >= 11 is 0. The highest BCUT2D eigenvalue weighted by atomic mass is 31.1. The van der Waals surface area contributed by atoms with Crippen molar-refractivity contribution in [2.24, 2.45) is 0 Å². The van der Waals surface area contributed by atoms with E-state index in [1.807, 2.05) is 0 Å². The number of aliphatic hydroxyl groups is 2. The third-order valence-electron chi connectivity index (χ3n) is 3.35. The second-order valence-electron chi connectivity index (χ2n) is 4.66. The third-order valence-corrected chi connectivity index (χ3v) is 3.72. The summed E-state index contributed by atoms with van der Waals surface area (Å²) in [6.45, 7) is -0.343. The Hall–Kier alpha value is -1.75. The van der Waals surface area contributed by atoms with Gasteiger partial charge in [-0.2, -0.15) is 0 Å². The van der Waals surface area contributed by atoms with Crippen molar-refractivity contribution in [1.29, 1.82) is 0 Å². The Morgan fingerprint density at radius 1 is 1.36 bits per heavy atom. The number of hydrogen-bond donors (Lipinski definition) is 4. The van der Waals surface area contributed by atoms with E-state index in [4.69, 9.17) is 15.4 Å². The normalized spacial score (nSPS) is 29.1. The molecule has 0 aromatic carbocycles. The van der Waals surface area contributed by atoms with Crippen LogP contribution in [-0.2, 0) is 13.8 Å². The van der Waals surface area contributed by atoms with E-state index in [-0.39, 0.29) is 12.4 Å². The first-order valence-corrected chi connectivity index (χ1v) is 7.35. The number of imidazole rings is 1. The lowest BCUT2D eigenvalue weighted by molar-refractivity contribution is -0.0476. The zero-order valence-corrected chi connectivity index (χ0v) is 11.9. The summed E-state index contributed by atoms with van der Waals surface area (Å²) in [5, 5.41) is 20.0. The fourth-order valence-electron chi connectivity index (χ4n) is 2.29. The van der Waals surface area contributed by atoms with Gasteiger partial charge in [-0.1, -0.05) is 0 Å². The summed E-state index contributed by atoms with van der Waals surface area (Å²) in [5.74, 6) is 0.175. The van der Waals surface area contributed by atoms with Crippen LogP contribution in [0.3, 0.4) is 0 Å². The molecule has 12 heteroatoms. The number of anilines is 1. The van der Waals surface area contributed by atoms with Crippen molar-refractivity contribution in [3.05, 3.63) is 12.7 Å². The van der Waals surface area contributed by atoms with Gasteiger partial charge in [0.2, 0.25) is 0 Å². The fraction of sp³-hybridized carbons (Fsp3) is 0.500. The van der Waals surface area contributed by atoms with E-state index in [1.165, 1.54) is 17.2 Å². The molecule has 0 amide bonds. The molecule has 0 spiro atoms. The van der Waals surface area contributed by atoms with Crippen LogP contribution < -0.4 is 5.73 Å². The number of fused-ring (bicyclic) bond motifs is 1. The zero-order valence-electron chi connectivity index (χ0n) is 11.1. The molecule has 22 heavy (non-hydrogen) atoms. The summed E-state index contributed by atoms with van der Waals surface area (Å²) < 4.78 is 22.0. The van der Waals surface area contributed by atoms with E-state index < -0.39 is 32.8 Å². The van der Waals surface area contributed by atoms with Crippen molar-refractivity contribution in [3.8, 4) is 0 Å². The van der Waals surface area contributed by atoms with Gasteiger partial charge in [-0.3, -0.25) is 4.57 Å². The smallest absolute Gasteiger partial charge is 0.387 e. The van der Waals surface area contributed by atoms with Crippen LogP contribution >= 0.6 is 8.25 Å². The second kappa shape index (κ2) is 5.80. The molecule has 3 heterocycles. The number of nitrogens with zero attached hydrogens (tertiary/aromatic N) is 4. The van der Waals surface area contributed by atoms with Crippen LogP contribution in [0.15, 0.2) is 12.7 Å². The van der Waals surface area contributed by atoms with Crippen LogP contribution in [0.4, 0.5) is 5.82 Å². The Bertz CT molecular complexity index is 710. The zero-order chi connectivity index (χ0) is 15.9. The van der Waals surface area contributed by atoms with Crippen molar-refractivity contribution in [1.82, 2.24) is 19.5 Å². The fourth-order valence-corrected chi connectivity index (χ4v) is 2.56. The number of aromatic nitrogens is 4. The van der Waals surface area contributed by atoms with Crippen molar-refractivity contribution in [3.63, 3.8) is 0 Å². The summed E-state index contributed by atoms with van der Waals surface area (Å²) in [5.41, 5.74) is 6.35. The molecule has 1 fully saturated rings. The molecule has 5 atom stereocenters. The van der Waals surface area contributed by atoms with E-state index in [1.54, 1.807) is 0 Å². The number of nitrogens with two attached hydrogens (primary N) is 1. The van der Waals surface area contributed by atoms with Gasteiger partial charge in [0.25, 0.3) is 0 Å². The van der Waals surface area contributed by atoms with Crippen LogP contribution in [0.5, 0.6) is 0 Å². The summed E-state index contributed by atoms with van der Waals surface area (Å²) in [6.07, 6.45) is -1.95. The second-order valence-corrected chi connectivity index (χ2v) is 5.40. The Kier molecular flexibility index (Phi) is 4.00. The first kappa shape index (κ1) is 15.2. The molecule has 5 N–H and O–H groups in total. The average Bonchev–Trinajstić information content (AvgIpc) is 3.01. The standard InChI is InChI=1S/C10H12N5O6P/c11-8-5-9(13-2-12-8)15(3-14-5)10-7(17)6(16)4(21-10)1-20-22(18)19/h2-4,6-7,10,16-17H,1H2,(H2-,11,12,13,18,19)/p+1/t4-,6?,7?,10-/m1/s1. The molecular formula is C10H13N5O6P+. The van der Waals surface area contributed by atoms with Crippen molar-refractivity contribution in [2.45, 2.75) is 24.5 Å². The SMILES string of the molecule is Nc1ncnc2c1ncn2[C@@H]1O[C@H](CO[P+](=O)O)C(O)C1O. The topological polar surface area (TPSA) is 166 Å². The van der Waals surface area contributed by atoms with E-state index in [2.05, 4.69) is 19.5 Å². The predicted molar refractivity (Wildman–Crippen MR) is 71.4 cm³/mol. The highest BCUT2D eigenvalue weighted by Gasteiger charge is 2.45. The van der Waals surface area contributed by atoms with Gasteiger partial charge < -0.3 is 20.7 Å². The maximum atomic E-state index is 10.5. The largest absolute Gasteiger partial charge is 0.694 e. The molecule has 2 aromatic heterocycles. The molecular weight excluding hydrogens is 317 g/mol. The van der Waals surface area contributed by atoms with Gasteiger partial charge in [-0.25, -0.2) is 15.0 Å². The summed E-state index contributed by atoms with van der Waals surface area (Å²) in [7, 11) is -2.82. The minimum absolute atomic E-state index is 0.175. The number of rotatable bonds is 4. The molecule has 3 rings (SSSR count). The van der Waals surface area contributed by atoms with E-state index in [0.29, 0.717) is 11.2 Å². The van der Waals surface area contributed by atoms with Gasteiger partial charge in [-0.15, -0.1) is 9.42 Å². The quantitative estimate of drug-likeness (QED) is 0.494. The molecule has 11 nitrogen and oxygen atoms in total. The maximum absolute atomic E-state index is 10.5. The molecule has 0 radical (unpaired) electrons. The molecule has 118 valence electrons. The highest BCUT2D eigenvalue weighted by molar-refractivity contribution is 7.32. The molecule has 0 bridgehead atoms. The minimum atomic E-state index is -2.82. The highest BCUT2D eigenvalue weighted by Crippen LogP contribution is 2.33. The third kappa shape index (κ3) is 2.54. The molecule has 0 aliphatic carbocycles. The van der Waals surface area contributed by atoms with Crippen molar-refractivity contribution >= 4 is 25.2 Å². The van der Waals surface area contributed by atoms with Crippen LogP contribution in [0.2, 0.25) is 0 Å². The lowest BCUT2D eigenvalue weighted by atomic mass is 10.1. The maximum Gasteiger partial charge on any atom is 0.694 e. The van der Waals surface area contributed by atoms with E-state index >= 15 is 0 Å². The molecule has 1 saturated heterocycles. The Balaban J connectivity index is 1.87. The molecule has 2 aromatic rings. The minimum Gasteiger partial charge on any atom is -0.387 e. The van der Waals surface area contributed by atoms with Crippen LogP contribution in [-0.4, -0.2) is 59.5 Å². The van der Waals surface area contributed by atoms with Gasteiger partial charge >= 0.3 is 8.25 Å².